The van der Waals surface area contributed by atoms with E-state index in [1.165, 1.54) is 5.56 Å². The van der Waals surface area contributed by atoms with Gasteiger partial charge in [-0.3, -0.25) is 4.90 Å². The summed E-state index contributed by atoms with van der Waals surface area (Å²) in [5.41, 5.74) is 7.30. The highest BCUT2D eigenvalue weighted by atomic mass is 32.1. The molecule has 0 saturated carbocycles. The number of ether oxygens (including phenoxy) is 1. The van der Waals surface area contributed by atoms with E-state index < -0.39 is 0 Å². The fraction of sp³-hybridized carbons (Fsp3) is 0.636. The van der Waals surface area contributed by atoms with Crippen molar-refractivity contribution in [1.82, 2.24) is 4.90 Å². The zero-order valence-electron chi connectivity index (χ0n) is 9.11. The minimum Gasteiger partial charge on any atom is -0.379 e. The summed E-state index contributed by atoms with van der Waals surface area (Å²) in [6, 6.07) is 2.17. The normalized spacial score (nSPS) is 26.3. The van der Waals surface area contributed by atoms with Crippen LogP contribution in [0.1, 0.15) is 12.0 Å². The summed E-state index contributed by atoms with van der Waals surface area (Å²) in [6.07, 6.45) is 1.05. The van der Waals surface area contributed by atoms with Gasteiger partial charge in [-0.2, -0.15) is 11.3 Å². The van der Waals surface area contributed by atoms with Gasteiger partial charge in [-0.25, -0.2) is 0 Å². The molecule has 3 nitrogen and oxygen atoms in total. The molecule has 2 N–H and O–H groups in total. The lowest BCUT2D eigenvalue weighted by atomic mass is 9.96. The van der Waals surface area contributed by atoms with Gasteiger partial charge in [-0.1, -0.05) is 0 Å². The number of likely N-dealkylation sites (N-methyl/N-ethyl adjacent to an activating group) is 1. The van der Waals surface area contributed by atoms with Crippen LogP contribution in [0.5, 0.6) is 0 Å². The molecule has 15 heavy (non-hydrogen) atoms. The third kappa shape index (κ3) is 2.23. The molecule has 0 spiro atoms. The summed E-state index contributed by atoms with van der Waals surface area (Å²) in [5, 5.41) is 4.31. The van der Waals surface area contributed by atoms with Gasteiger partial charge in [0.2, 0.25) is 0 Å². The Labute approximate surface area is 94.8 Å². The molecule has 0 aliphatic carbocycles. The van der Waals surface area contributed by atoms with Crippen LogP contribution >= 0.6 is 11.3 Å². The summed E-state index contributed by atoms with van der Waals surface area (Å²) >= 11 is 1.74. The molecule has 1 saturated heterocycles. The van der Waals surface area contributed by atoms with Crippen LogP contribution in [-0.4, -0.2) is 37.2 Å². The van der Waals surface area contributed by atoms with Crippen LogP contribution in [-0.2, 0) is 11.3 Å². The van der Waals surface area contributed by atoms with Crippen molar-refractivity contribution in [3.05, 3.63) is 22.4 Å². The maximum absolute atomic E-state index is 5.88. The maximum Gasteiger partial charge on any atom is 0.0663 e. The molecule has 84 valence electrons. The van der Waals surface area contributed by atoms with E-state index in [0.717, 1.165) is 26.2 Å². The molecule has 0 bridgehead atoms. The Bertz CT molecular complexity index is 294. The van der Waals surface area contributed by atoms with Crippen LogP contribution < -0.4 is 5.73 Å². The molecule has 1 aliphatic rings. The topological polar surface area (TPSA) is 38.5 Å². The summed E-state index contributed by atoms with van der Waals surface area (Å²) in [7, 11) is 2.14. The summed E-state index contributed by atoms with van der Waals surface area (Å²) in [6.45, 7) is 3.24. The SMILES string of the molecule is CN(Cc1ccsc1)C1(CN)CCOC1. The Morgan fingerprint density at radius 2 is 2.53 bits per heavy atom. The van der Waals surface area contributed by atoms with Crippen LogP contribution in [0.25, 0.3) is 0 Å². The van der Waals surface area contributed by atoms with Crippen LogP contribution in [0, 0.1) is 0 Å². The first-order valence-electron chi connectivity index (χ1n) is 5.27. The van der Waals surface area contributed by atoms with E-state index in [1.807, 2.05) is 0 Å². The number of nitrogens with zero attached hydrogens (tertiary/aromatic N) is 1. The van der Waals surface area contributed by atoms with Crippen molar-refractivity contribution in [3.8, 4) is 0 Å². The highest BCUT2D eigenvalue weighted by Crippen LogP contribution is 2.25. The van der Waals surface area contributed by atoms with Gasteiger partial charge >= 0.3 is 0 Å². The molecule has 1 fully saturated rings. The molecule has 1 aliphatic heterocycles. The number of rotatable bonds is 4. The summed E-state index contributed by atoms with van der Waals surface area (Å²) < 4.78 is 5.47. The van der Waals surface area contributed by atoms with Gasteiger partial charge in [0.1, 0.15) is 0 Å². The van der Waals surface area contributed by atoms with E-state index in [0.29, 0.717) is 6.54 Å². The van der Waals surface area contributed by atoms with Crippen LogP contribution in [0.4, 0.5) is 0 Å². The smallest absolute Gasteiger partial charge is 0.0663 e. The molecule has 1 atom stereocenters. The second-order valence-electron chi connectivity index (χ2n) is 4.22. The van der Waals surface area contributed by atoms with Crippen molar-refractivity contribution < 1.29 is 4.74 Å². The Kier molecular flexibility index (Phi) is 3.41. The minimum absolute atomic E-state index is 0.0575. The van der Waals surface area contributed by atoms with Crippen LogP contribution in [0.2, 0.25) is 0 Å². The number of hydrogen-bond acceptors (Lipinski definition) is 4. The monoisotopic (exact) mass is 226 g/mol. The Morgan fingerprint density at radius 1 is 1.67 bits per heavy atom. The molecule has 0 amide bonds. The lowest BCUT2D eigenvalue weighted by Gasteiger charge is -2.36. The molecule has 0 aromatic carbocycles. The van der Waals surface area contributed by atoms with Crippen molar-refractivity contribution >= 4 is 11.3 Å². The molecular formula is C11H18N2OS. The molecule has 4 heteroatoms. The number of thiophene rings is 1. The van der Waals surface area contributed by atoms with Gasteiger partial charge in [-0.15, -0.1) is 0 Å². The lowest BCUT2D eigenvalue weighted by Crippen LogP contribution is -2.52. The Hall–Kier alpha value is -0.420. The van der Waals surface area contributed by atoms with E-state index in [1.54, 1.807) is 11.3 Å². The highest BCUT2D eigenvalue weighted by molar-refractivity contribution is 7.07. The fourth-order valence-corrected chi connectivity index (χ4v) is 2.70. The molecule has 1 unspecified atom stereocenters. The predicted octanol–water partition coefficient (Wildman–Crippen LogP) is 1.30. The third-order valence-electron chi connectivity index (χ3n) is 3.27. The van der Waals surface area contributed by atoms with Crippen LogP contribution in [0.3, 0.4) is 0 Å². The highest BCUT2D eigenvalue weighted by Gasteiger charge is 2.37. The molecular weight excluding hydrogens is 208 g/mol. The molecule has 2 heterocycles. The first-order chi connectivity index (χ1) is 7.27. The summed E-state index contributed by atoms with van der Waals surface area (Å²) in [4.78, 5) is 2.34. The van der Waals surface area contributed by atoms with E-state index in [-0.39, 0.29) is 5.54 Å². The van der Waals surface area contributed by atoms with Crippen LogP contribution in [0.15, 0.2) is 16.8 Å². The Morgan fingerprint density at radius 3 is 3.07 bits per heavy atom. The maximum atomic E-state index is 5.88. The fourth-order valence-electron chi connectivity index (χ4n) is 2.04. The number of nitrogens with two attached hydrogens (primary N) is 1. The van der Waals surface area contributed by atoms with Gasteiger partial charge in [0.05, 0.1) is 12.1 Å². The first-order valence-corrected chi connectivity index (χ1v) is 6.21. The van der Waals surface area contributed by atoms with E-state index in [9.17, 15) is 0 Å². The lowest BCUT2D eigenvalue weighted by molar-refractivity contribution is 0.0883. The van der Waals surface area contributed by atoms with Crippen molar-refractivity contribution in [3.63, 3.8) is 0 Å². The third-order valence-corrected chi connectivity index (χ3v) is 4.00. The molecule has 1 aromatic heterocycles. The van der Waals surface area contributed by atoms with E-state index >= 15 is 0 Å². The van der Waals surface area contributed by atoms with Gasteiger partial charge < -0.3 is 10.5 Å². The second kappa shape index (κ2) is 4.61. The van der Waals surface area contributed by atoms with Crippen molar-refractivity contribution in [2.24, 2.45) is 5.73 Å². The molecule has 2 rings (SSSR count). The van der Waals surface area contributed by atoms with Gasteiger partial charge in [0, 0.05) is 19.7 Å². The predicted molar refractivity (Wildman–Crippen MR) is 63.0 cm³/mol. The first kappa shape index (κ1) is 11.1. The average Bonchev–Trinajstić information content (AvgIpc) is 2.87. The largest absolute Gasteiger partial charge is 0.379 e. The molecule has 1 aromatic rings. The van der Waals surface area contributed by atoms with Gasteiger partial charge in [0.25, 0.3) is 0 Å². The average molecular weight is 226 g/mol. The summed E-state index contributed by atoms with van der Waals surface area (Å²) in [5.74, 6) is 0. The quantitative estimate of drug-likeness (QED) is 0.841. The van der Waals surface area contributed by atoms with Gasteiger partial charge in [-0.05, 0) is 35.9 Å². The minimum atomic E-state index is 0.0575. The van der Waals surface area contributed by atoms with Gasteiger partial charge in [0.15, 0.2) is 0 Å². The standard InChI is InChI=1S/C11H18N2OS/c1-13(6-10-2-5-15-7-10)11(8-12)3-4-14-9-11/h2,5,7H,3-4,6,8-9,12H2,1H3. The number of hydrogen-bond donors (Lipinski definition) is 1. The zero-order valence-corrected chi connectivity index (χ0v) is 9.93. The van der Waals surface area contributed by atoms with Crippen molar-refractivity contribution in [1.29, 1.82) is 0 Å². The zero-order chi connectivity index (χ0) is 10.7. The van der Waals surface area contributed by atoms with E-state index in [4.69, 9.17) is 10.5 Å². The molecule has 0 radical (unpaired) electrons. The van der Waals surface area contributed by atoms with Crippen molar-refractivity contribution in [2.75, 3.05) is 26.8 Å². The van der Waals surface area contributed by atoms with E-state index in [2.05, 4.69) is 28.8 Å². The Balaban J connectivity index is 2.02. The van der Waals surface area contributed by atoms with Crippen molar-refractivity contribution in [2.45, 2.75) is 18.5 Å². The second-order valence-corrected chi connectivity index (χ2v) is 5.00.